The second kappa shape index (κ2) is 9.44. The van der Waals surface area contributed by atoms with Gasteiger partial charge in [0.2, 0.25) is 0 Å². The Kier molecular flexibility index (Phi) is 6.13. The molecular weight excluding hydrogens is 500 g/mol. The molecule has 2 atom stereocenters. The van der Waals surface area contributed by atoms with Gasteiger partial charge in [-0.1, -0.05) is 26.5 Å². The van der Waals surface area contributed by atoms with Gasteiger partial charge in [0.25, 0.3) is 0 Å². The number of carboxylic acids is 1. The molecular formula is C33H34N4O3. The van der Waals surface area contributed by atoms with Gasteiger partial charge in [0.05, 0.1) is 22.8 Å². The number of aliphatic carboxylic acids is 1. The van der Waals surface area contributed by atoms with Crippen molar-refractivity contribution >= 4 is 45.1 Å². The largest absolute Gasteiger partial charge is 0.481 e. The van der Waals surface area contributed by atoms with E-state index in [1.807, 2.05) is 13.0 Å². The molecule has 2 aromatic rings. The van der Waals surface area contributed by atoms with Crippen LogP contribution in [-0.4, -0.2) is 36.8 Å². The van der Waals surface area contributed by atoms with Gasteiger partial charge in [-0.15, -0.1) is 0 Å². The minimum Gasteiger partial charge on any atom is -0.481 e. The van der Waals surface area contributed by atoms with Gasteiger partial charge in [-0.25, -0.2) is 9.97 Å². The number of hydrogen-bond acceptors (Lipinski definition) is 4. The van der Waals surface area contributed by atoms with Crippen LogP contribution in [0.2, 0.25) is 0 Å². The van der Waals surface area contributed by atoms with Gasteiger partial charge in [-0.3, -0.25) is 9.59 Å². The van der Waals surface area contributed by atoms with E-state index in [1.165, 1.54) is 11.1 Å². The first-order chi connectivity index (χ1) is 19.1. The summed E-state index contributed by atoms with van der Waals surface area (Å²) >= 11 is 0. The van der Waals surface area contributed by atoms with E-state index in [2.05, 4.69) is 62.4 Å². The van der Waals surface area contributed by atoms with Crippen molar-refractivity contribution in [3.05, 3.63) is 81.7 Å². The van der Waals surface area contributed by atoms with Crippen molar-refractivity contribution in [2.75, 3.05) is 0 Å². The van der Waals surface area contributed by atoms with E-state index in [1.54, 1.807) is 0 Å². The van der Waals surface area contributed by atoms with Gasteiger partial charge in [0.15, 0.2) is 5.78 Å². The predicted molar refractivity (Wildman–Crippen MR) is 158 cm³/mol. The Balaban J connectivity index is 1.76. The summed E-state index contributed by atoms with van der Waals surface area (Å²) < 4.78 is 0. The molecule has 2 unspecified atom stereocenters. The fourth-order valence-corrected chi connectivity index (χ4v) is 6.73. The molecule has 0 spiro atoms. The maximum atomic E-state index is 13.4. The summed E-state index contributed by atoms with van der Waals surface area (Å²) in [7, 11) is 0. The fourth-order valence-electron chi connectivity index (χ4n) is 6.73. The number of aryl methyl sites for hydroxylation is 2. The number of nitrogens with one attached hydrogen (secondary N) is 2. The van der Waals surface area contributed by atoms with Crippen LogP contribution in [0.25, 0.3) is 33.3 Å². The van der Waals surface area contributed by atoms with Crippen molar-refractivity contribution in [3.8, 4) is 0 Å². The molecule has 0 saturated heterocycles. The fraction of sp³-hybridized carbons (Fsp3) is 0.333. The molecule has 0 radical (unpaired) electrons. The lowest BCUT2D eigenvalue weighted by atomic mass is 9.85. The zero-order valence-corrected chi connectivity index (χ0v) is 23.7. The molecule has 2 aromatic heterocycles. The highest BCUT2D eigenvalue weighted by atomic mass is 16.4. The second-order valence-corrected chi connectivity index (χ2v) is 11.2. The first-order valence-corrected chi connectivity index (χ1v) is 14.0. The Labute approximate surface area is 233 Å². The highest BCUT2D eigenvalue weighted by molar-refractivity contribution is 6.32. The Morgan fingerprint density at radius 2 is 1.80 bits per heavy atom. The number of carbonyl (C=O) groups excluding carboxylic acids is 1. The first kappa shape index (κ1) is 26.0. The molecule has 8 bridgehead atoms. The molecule has 4 aliphatic rings. The third-order valence-electron chi connectivity index (χ3n) is 9.04. The number of rotatable bonds is 5. The van der Waals surface area contributed by atoms with Crippen molar-refractivity contribution in [1.29, 1.82) is 0 Å². The van der Waals surface area contributed by atoms with Gasteiger partial charge >= 0.3 is 5.97 Å². The molecule has 0 fully saturated rings. The summed E-state index contributed by atoms with van der Waals surface area (Å²) in [5.41, 5.74) is 13.9. The Bertz CT molecular complexity index is 1780. The van der Waals surface area contributed by atoms with E-state index in [-0.39, 0.29) is 30.5 Å². The predicted octanol–water partition coefficient (Wildman–Crippen LogP) is 6.83. The molecule has 7 nitrogen and oxygen atoms in total. The normalized spacial score (nSPS) is 19.0. The van der Waals surface area contributed by atoms with E-state index < -0.39 is 5.97 Å². The topological polar surface area (TPSA) is 112 Å². The summed E-state index contributed by atoms with van der Waals surface area (Å²) in [6, 6.07) is 6.21. The van der Waals surface area contributed by atoms with Crippen LogP contribution in [0.1, 0.15) is 103 Å². The highest BCUT2D eigenvalue weighted by Gasteiger charge is 2.38. The van der Waals surface area contributed by atoms with E-state index in [9.17, 15) is 14.7 Å². The molecule has 0 amide bonds. The molecule has 6 rings (SSSR count). The van der Waals surface area contributed by atoms with Gasteiger partial charge in [0, 0.05) is 63.8 Å². The third-order valence-corrected chi connectivity index (χ3v) is 9.04. The number of allylic oxidation sites excluding steroid dienone is 5. The first-order valence-electron chi connectivity index (χ1n) is 14.0. The highest BCUT2D eigenvalue weighted by Crippen LogP contribution is 2.46. The molecule has 1 aliphatic carbocycles. The molecule has 3 aliphatic heterocycles. The van der Waals surface area contributed by atoms with Crippen LogP contribution in [0.4, 0.5) is 0 Å². The summed E-state index contributed by atoms with van der Waals surface area (Å²) in [5, 5.41) is 9.49. The summed E-state index contributed by atoms with van der Waals surface area (Å²) in [4.78, 5) is 42.2. The zero-order valence-electron chi connectivity index (χ0n) is 23.7. The summed E-state index contributed by atoms with van der Waals surface area (Å²) in [6.45, 7) is 14.5. The number of carbonyl (C=O) groups is 2. The lowest BCUT2D eigenvalue weighted by Crippen LogP contribution is -2.08. The standard InChI is InChI=1S/C33H34N4O3/c1-7-19-15(3)23-12-25-17(5)21(9-10-30(39)40)32(36-25)22-11-29(38)31-18(6)26(37-33(22)31)14-28-20(8-2)16(4)24(35-28)13-27(19)34-23/h7,12-14,17,21,35-36H,1,8-11H2,2-6H3,(H,39,40). The lowest BCUT2D eigenvalue weighted by Gasteiger charge is -2.16. The number of fused-ring (bicyclic) bond motifs is 8. The van der Waals surface area contributed by atoms with Crippen LogP contribution in [0.15, 0.2) is 30.9 Å². The Hall–Kier alpha value is -4.26. The smallest absolute Gasteiger partial charge is 0.303 e. The van der Waals surface area contributed by atoms with Gasteiger partial charge < -0.3 is 15.1 Å². The van der Waals surface area contributed by atoms with Crippen molar-refractivity contribution in [1.82, 2.24) is 19.9 Å². The second-order valence-electron chi connectivity index (χ2n) is 11.2. The average Bonchev–Trinajstić information content (AvgIpc) is 3.65. The maximum absolute atomic E-state index is 13.4. The number of Topliss-reactive ketones (excluding diaryl/α,β-unsaturated/α-hetero) is 1. The Morgan fingerprint density at radius 1 is 1.07 bits per heavy atom. The number of nitrogens with zero attached hydrogens (tertiary/aromatic N) is 2. The minimum absolute atomic E-state index is 0.0226. The molecule has 3 N–H and O–H groups in total. The van der Waals surface area contributed by atoms with E-state index >= 15 is 0 Å². The molecule has 0 saturated carbocycles. The van der Waals surface area contributed by atoms with Crippen LogP contribution in [0.3, 0.4) is 0 Å². The number of carboxylic acid groups (broad SMARTS) is 1. The van der Waals surface area contributed by atoms with E-state index in [0.29, 0.717) is 12.0 Å². The van der Waals surface area contributed by atoms with Crippen LogP contribution < -0.4 is 0 Å². The molecule has 5 heterocycles. The molecule has 0 aromatic carbocycles. The van der Waals surface area contributed by atoms with Crippen LogP contribution in [0.5, 0.6) is 0 Å². The van der Waals surface area contributed by atoms with E-state index in [0.717, 1.165) is 73.9 Å². The number of aromatic nitrogens is 4. The molecule has 204 valence electrons. The number of H-pyrrole nitrogens is 2. The summed E-state index contributed by atoms with van der Waals surface area (Å²) in [6.07, 6.45) is 3.49. The van der Waals surface area contributed by atoms with Crippen molar-refractivity contribution < 1.29 is 14.7 Å². The quantitative estimate of drug-likeness (QED) is 0.389. The maximum Gasteiger partial charge on any atom is 0.303 e. The molecule has 7 heteroatoms. The lowest BCUT2D eigenvalue weighted by molar-refractivity contribution is -0.137. The van der Waals surface area contributed by atoms with Crippen LogP contribution in [0, 0.1) is 6.92 Å². The number of ketones is 1. The van der Waals surface area contributed by atoms with Crippen molar-refractivity contribution in [2.45, 2.75) is 72.1 Å². The van der Waals surface area contributed by atoms with Gasteiger partial charge in [-0.2, -0.15) is 0 Å². The van der Waals surface area contributed by atoms with E-state index in [4.69, 9.17) is 9.97 Å². The molecule has 40 heavy (non-hydrogen) atoms. The van der Waals surface area contributed by atoms with Gasteiger partial charge in [0.1, 0.15) is 0 Å². The van der Waals surface area contributed by atoms with Crippen LogP contribution in [-0.2, 0) is 22.4 Å². The van der Waals surface area contributed by atoms with Crippen molar-refractivity contribution in [2.24, 2.45) is 0 Å². The third kappa shape index (κ3) is 3.86. The number of hydrogen-bond donors (Lipinski definition) is 3. The minimum atomic E-state index is -0.828. The van der Waals surface area contributed by atoms with Gasteiger partial charge in [-0.05, 0) is 74.1 Å². The zero-order chi connectivity index (χ0) is 28.5. The number of aromatic amines is 2. The van der Waals surface area contributed by atoms with Crippen LogP contribution >= 0.6 is 0 Å². The Morgan fingerprint density at radius 3 is 2.50 bits per heavy atom. The average molecular weight is 535 g/mol. The monoisotopic (exact) mass is 534 g/mol. The summed E-state index contributed by atoms with van der Waals surface area (Å²) in [5.74, 6) is -0.815. The van der Waals surface area contributed by atoms with Crippen molar-refractivity contribution in [3.63, 3.8) is 0 Å². The SMILES string of the molecule is C=CC1=C(C)c2cc3[nH]c(c4c5nc(cc6[nH]c(cc1n2)c(C)c6CC)C(C)=C5C(=O)C4)C(CCC(=O)O)C3C.